The standard InChI is InChI=1S/C22H25N3O5S/c26-25(27)18-7-8-20(21(15-18)31(28,29)24-11-3-4-12-24)23-13-14-30-22(16-23)10-9-17-5-1-2-6-19(17)22/h1-2,5-8,15H,3-4,9-14,16H2. The Morgan fingerprint density at radius 3 is 2.61 bits per heavy atom. The van der Waals surface area contributed by atoms with Crippen molar-refractivity contribution >= 4 is 21.4 Å². The summed E-state index contributed by atoms with van der Waals surface area (Å²) in [5.41, 5.74) is 2.24. The number of anilines is 1. The first-order chi connectivity index (χ1) is 14.9. The average Bonchev–Trinajstić information content (AvgIpc) is 3.44. The number of non-ortho nitro benzene ring substituents is 1. The molecule has 0 amide bonds. The fourth-order valence-electron chi connectivity index (χ4n) is 5.11. The van der Waals surface area contributed by atoms with E-state index in [2.05, 4.69) is 12.1 Å². The quantitative estimate of drug-likeness (QED) is 0.533. The molecule has 164 valence electrons. The van der Waals surface area contributed by atoms with Crippen molar-refractivity contribution in [1.29, 1.82) is 0 Å². The second-order valence-corrected chi connectivity index (χ2v) is 10.3. The van der Waals surface area contributed by atoms with Crippen molar-refractivity contribution in [3.8, 4) is 0 Å². The summed E-state index contributed by atoms with van der Waals surface area (Å²) in [6.45, 7) is 2.42. The van der Waals surface area contributed by atoms with E-state index in [0.29, 0.717) is 38.5 Å². The molecule has 2 fully saturated rings. The fourth-order valence-corrected chi connectivity index (χ4v) is 6.86. The highest BCUT2D eigenvalue weighted by molar-refractivity contribution is 7.89. The van der Waals surface area contributed by atoms with E-state index in [4.69, 9.17) is 4.74 Å². The highest BCUT2D eigenvalue weighted by atomic mass is 32.2. The van der Waals surface area contributed by atoms with Crippen LogP contribution in [0.4, 0.5) is 11.4 Å². The van der Waals surface area contributed by atoms with Crippen molar-refractivity contribution < 1.29 is 18.1 Å². The molecule has 0 saturated carbocycles. The first-order valence-corrected chi connectivity index (χ1v) is 12.1. The molecule has 1 spiro atoms. The van der Waals surface area contributed by atoms with Crippen molar-refractivity contribution in [3.63, 3.8) is 0 Å². The van der Waals surface area contributed by atoms with Gasteiger partial charge >= 0.3 is 0 Å². The minimum absolute atomic E-state index is 0.0203. The second-order valence-electron chi connectivity index (χ2n) is 8.44. The Labute approximate surface area is 181 Å². The van der Waals surface area contributed by atoms with E-state index in [0.717, 1.165) is 31.2 Å². The van der Waals surface area contributed by atoms with Crippen molar-refractivity contribution in [2.24, 2.45) is 0 Å². The monoisotopic (exact) mass is 443 g/mol. The largest absolute Gasteiger partial charge is 0.367 e. The minimum Gasteiger partial charge on any atom is -0.367 e. The highest BCUT2D eigenvalue weighted by Crippen LogP contribution is 2.44. The van der Waals surface area contributed by atoms with Gasteiger partial charge in [-0.05, 0) is 42.9 Å². The number of nitrogens with zero attached hydrogens (tertiary/aromatic N) is 3. The number of nitro groups is 1. The highest BCUT2D eigenvalue weighted by Gasteiger charge is 2.44. The number of rotatable bonds is 4. The SMILES string of the molecule is O=[N+]([O-])c1ccc(N2CCOC3(CCc4ccccc43)C2)c(S(=O)(=O)N2CCCC2)c1. The van der Waals surface area contributed by atoms with Crippen LogP contribution in [0.3, 0.4) is 0 Å². The summed E-state index contributed by atoms with van der Waals surface area (Å²) in [5, 5.41) is 11.4. The molecule has 3 aliphatic rings. The van der Waals surface area contributed by atoms with Crippen LogP contribution < -0.4 is 4.90 Å². The summed E-state index contributed by atoms with van der Waals surface area (Å²) in [6.07, 6.45) is 3.37. The van der Waals surface area contributed by atoms with Crippen molar-refractivity contribution in [3.05, 3.63) is 63.7 Å². The lowest BCUT2D eigenvalue weighted by molar-refractivity contribution is -0.385. The van der Waals surface area contributed by atoms with Crippen LogP contribution in [-0.4, -0.2) is 50.4 Å². The fraction of sp³-hybridized carbons (Fsp3) is 0.455. The molecule has 0 N–H and O–H groups in total. The van der Waals surface area contributed by atoms with Gasteiger partial charge in [0.15, 0.2) is 0 Å². The van der Waals surface area contributed by atoms with Gasteiger partial charge in [0.25, 0.3) is 5.69 Å². The van der Waals surface area contributed by atoms with Gasteiger partial charge in [-0.1, -0.05) is 24.3 Å². The number of aryl methyl sites for hydroxylation is 1. The van der Waals surface area contributed by atoms with E-state index < -0.39 is 20.5 Å². The Kier molecular flexibility index (Phi) is 4.99. The Hall–Kier alpha value is -2.49. The number of fused-ring (bicyclic) bond motifs is 2. The molecule has 0 radical (unpaired) electrons. The van der Waals surface area contributed by atoms with Crippen LogP contribution >= 0.6 is 0 Å². The first kappa shape index (κ1) is 20.4. The van der Waals surface area contributed by atoms with Gasteiger partial charge < -0.3 is 9.64 Å². The molecule has 5 rings (SSSR count). The number of hydrogen-bond acceptors (Lipinski definition) is 6. The van der Waals surface area contributed by atoms with E-state index in [9.17, 15) is 18.5 Å². The van der Waals surface area contributed by atoms with Gasteiger partial charge in [-0.3, -0.25) is 10.1 Å². The van der Waals surface area contributed by atoms with Crippen LogP contribution in [0.25, 0.3) is 0 Å². The molecule has 0 aromatic heterocycles. The van der Waals surface area contributed by atoms with Crippen LogP contribution in [0.1, 0.15) is 30.4 Å². The van der Waals surface area contributed by atoms with Crippen molar-refractivity contribution in [2.45, 2.75) is 36.2 Å². The molecule has 2 aromatic carbocycles. The second kappa shape index (κ2) is 7.58. The summed E-state index contributed by atoms with van der Waals surface area (Å²) in [6, 6.07) is 12.4. The van der Waals surface area contributed by atoms with Gasteiger partial charge in [0.1, 0.15) is 10.5 Å². The van der Waals surface area contributed by atoms with E-state index in [1.54, 1.807) is 6.07 Å². The third kappa shape index (κ3) is 3.40. The number of nitro benzene ring substituents is 1. The van der Waals surface area contributed by atoms with Gasteiger partial charge in [0, 0.05) is 31.8 Å². The Bertz CT molecular complexity index is 1130. The zero-order chi connectivity index (χ0) is 21.6. The van der Waals surface area contributed by atoms with Gasteiger partial charge in [-0.2, -0.15) is 4.31 Å². The molecule has 8 nitrogen and oxygen atoms in total. The third-order valence-electron chi connectivity index (χ3n) is 6.67. The Balaban J connectivity index is 1.56. The van der Waals surface area contributed by atoms with Crippen LogP contribution in [0.5, 0.6) is 0 Å². The maximum atomic E-state index is 13.4. The zero-order valence-corrected chi connectivity index (χ0v) is 18.0. The lowest BCUT2D eigenvalue weighted by Gasteiger charge is -2.42. The molecule has 1 atom stereocenters. The Morgan fingerprint density at radius 1 is 1.06 bits per heavy atom. The molecule has 2 saturated heterocycles. The maximum Gasteiger partial charge on any atom is 0.270 e. The molecule has 9 heteroatoms. The van der Waals surface area contributed by atoms with Gasteiger partial charge in [0.2, 0.25) is 10.0 Å². The summed E-state index contributed by atoms with van der Waals surface area (Å²) < 4.78 is 34.6. The number of ether oxygens (including phenoxy) is 1. The predicted octanol–water partition coefficient (Wildman–Crippen LogP) is 3.06. The summed E-state index contributed by atoms with van der Waals surface area (Å²) in [4.78, 5) is 12.9. The predicted molar refractivity (Wildman–Crippen MR) is 116 cm³/mol. The normalized spacial score (nSPS) is 23.9. The number of morpholine rings is 1. The first-order valence-electron chi connectivity index (χ1n) is 10.7. The number of benzene rings is 2. The van der Waals surface area contributed by atoms with Crippen molar-refractivity contribution in [1.82, 2.24) is 4.31 Å². The third-order valence-corrected chi connectivity index (χ3v) is 8.60. The van der Waals surface area contributed by atoms with E-state index in [1.807, 2.05) is 17.0 Å². The summed E-state index contributed by atoms with van der Waals surface area (Å²) in [7, 11) is -3.82. The molecule has 2 aliphatic heterocycles. The lowest BCUT2D eigenvalue weighted by atomic mass is 9.93. The van der Waals surface area contributed by atoms with E-state index in [-0.39, 0.29) is 10.6 Å². The van der Waals surface area contributed by atoms with E-state index in [1.165, 1.54) is 22.0 Å². The van der Waals surface area contributed by atoms with Crippen LogP contribution in [-0.2, 0) is 26.8 Å². The van der Waals surface area contributed by atoms with Gasteiger partial charge in [0.05, 0.1) is 23.8 Å². The summed E-state index contributed by atoms with van der Waals surface area (Å²) >= 11 is 0. The molecule has 2 heterocycles. The molecule has 1 unspecified atom stereocenters. The molecular formula is C22H25N3O5S. The Morgan fingerprint density at radius 2 is 1.84 bits per heavy atom. The summed E-state index contributed by atoms with van der Waals surface area (Å²) in [5.74, 6) is 0. The van der Waals surface area contributed by atoms with Crippen molar-refractivity contribution in [2.75, 3.05) is 37.7 Å². The molecular weight excluding hydrogens is 418 g/mol. The lowest BCUT2D eigenvalue weighted by Crippen LogP contribution is -2.49. The minimum atomic E-state index is -3.82. The maximum absolute atomic E-state index is 13.4. The number of sulfonamides is 1. The van der Waals surface area contributed by atoms with E-state index >= 15 is 0 Å². The van der Waals surface area contributed by atoms with Crippen LogP contribution in [0.15, 0.2) is 47.4 Å². The zero-order valence-electron chi connectivity index (χ0n) is 17.2. The molecule has 2 aromatic rings. The molecule has 0 bridgehead atoms. The average molecular weight is 444 g/mol. The molecule has 1 aliphatic carbocycles. The van der Waals surface area contributed by atoms with Crippen LogP contribution in [0.2, 0.25) is 0 Å². The van der Waals surface area contributed by atoms with Crippen LogP contribution in [0, 0.1) is 10.1 Å². The number of hydrogen-bond donors (Lipinski definition) is 0. The molecule has 31 heavy (non-hydrogen) atoms. The smallest absolute Gasteiger partial charge is 0.270 e. The van der Waals surface area contributed by atoms with Gasteiger partial charge in [-0.25, -0.2) is 8.42 Å². The van der Waals surface area contributed by atoms with Gasteiger partial charge in [-0.15, -0.1) is 0 Å². The topological polar surface area (TPSA) is 93.0 Å².